The van der Waals surface area contributed by atoms with Gasteiger partial charge in [0.2, 0.25) is 0 Å². The lowest BCUT2D eigenvalue weighted by Gasteiger charge is -1.92. The molecular formula is C7H12N2. The molecule has 0 amide bonds. The van der Waals surface area contributed by atoms with Gasteiger partial charge in [0, 0.05) is 14.6 Å². The van der Waals surface area contributed by atoms with E-state index >= 15 is 0 Å². The molecule has 2 heteroatoms. The minimum absolute atomic E-state index is 0.910. The van der Waals surface area contributed by atoms with Crippen LogP contribution in [0.5, 0.6) is 0 Å². The molecule has 0 aliphatic rings. The molecule has 1 heterocycles. The van der Waals surface area contributed by atoms with E-state index in [9.17, 15) is 0 Å². The van der Waals surface area contributed by atoms with Crippen molar-refractivity contribution in [2.45, 2.75) is 7.40 Å². The molecule has 1 aromatic heterocycles. The van der Waals surface area contributed by atoms with E-state index in [4.69, 9.17) is 1.37 Å². The predicted molar refractivity (Wildman–Crippen MR) is 40.5 cm³/mol. The fraction of sp³-hybridized carbons (Fsp3) is 0.286. The van der Waals surface area contributed by atoms with Crippen molar-refractivity contribution in [2.24, 2.45) is 0 Å². The number of hydrogen-bond donors (Lipinski definition) is 1. The molecule has 2 nitrogen and oxygen atoms in total. The average molecular weight is 126 g/mol. The van der Waals surface area contributed by atoms with Crippen LogP contribution in [-0.4, -0.2) is 12.0 Å². The molecule has 0 saturated carbocycles. The maximum Gasteiger partial charge on any atom is 0.125 e. The Morgan fingerprint density at radius 2 is 2.44 bits per heavy atom. The van der Waals surface area contributed by atoms with Crippen molar-refractivity contribution >= 4 is 5.82 Å². The first-order chi connectivity index (χ1) is 4.93. The fourth-order valence-corrected chi connectivity index (χ4v) is 0.511. The van der Waals surface area contributed by atoms with Crippen molar-refractivity contribution in [1.82, 2.24) is 4.98 Å². The Morgan fingerprint density at radius 3 is 2.78 bits per heavy atom. The summed E-state index contributed by atoms with van der Waals surface area (Å²) in [5, 5.41) is 2.92. The molecule has 0 spiro atoms. The Balaban J connectivity index is 0.000000371. The van der Waals surface area contributed by atoms with Gasteiger partial charge in [0.1, 0.15) is 5.82 Å². The summed E-state index contributed by atoms with van der Waals surface area (Å²) in [7, 11) is 3.10. The second kappa shape index (κ2) is 3.89. The first-order valence-corrected chi connectivity index (χ1v) is 2.52. The number of aromatic nitrogens is 1. The smallest absolute Gasteiger partial charge is 0.125 e. The van der Waals surface area contributed by atoms with E-state index in [1.54, 1.807) is 6.20 Å². The van der Waals surface area contributed by atoms with Gasteiger partial charge in [-0.05, 0) is 12.1 Å². The largest absolute Gasteiger partial charge is 0.373 e. The van der Waals surface area contributed by atoms with Crippen LogP contribution in [0.1, 0.15) is 8.77 Å². The fourth-order valence-electron chi connectivity index (χ4n) is 0.511. The summed E-state index contributed by atoms with van der Waals surface area (Å²) in [4.78, 5) is 3.99. The van der Waals surface area contributed by atoms with E-state index < -0.39 is 0 Å². The first kappa shape index (κ1) is 6.08. The molecule has 1 N–H and O–H groups in total. The molecule has 9 heavy (non-hydrogen) atoms. The van der Waals surface area contributed by atoms with Crippen LogP contribution < -0.4 is 5.32 Å². The number of pyridine rings is 1. The Morgan fingerprint density at radius 1 is 1.67 bits per heavy atom. The van der Waals surface area contributed by atoms with Gasteiger partial charge < -0.3 is 5.32 Å². The summed E-state index contributed by atoms with van der Waals surface area (Å²) in [6.07, 6.45) is 1.76. The van der Waals surface area contributed by atoms with Crippen molar-refractivity contribution in [3.05, 3.63) is 24.4 Å². The Labute approximate surface area is 57.3 Å². The zero-order valence-electron chi connectivity index (χ0n) is 6.76. The molecule has 0 fully saturated rings. The molecule has 0 aliphatic carbocycles. The van der Waals surface area contributed by atoms with Crippen LogP contribution >= 0.6 is 0 Å². The highest BCUT2D eigenvalue weighted by Crippen LogP contribution is 1.95. The Hall–Kier alpha value is -1.05. The van der Waals surface area contributed by atoms with E-state index in [0.717, 1.165) is 5.82 Å². The third-order valence-electron chi connectivity index (χ3n) is 0.921. The number of nitrogens with one attached hydrogen (secondary N) is 1. The highest BCUT2D eigenvalue weighted by atomic mass is 14.9. The van der Waals surface area contributed by atoms with Gasteiger partial charge in [-0.1, -0.05) is 13.5 Å². The van der Waals surface area contributed by atoms with E-state index in [0.29, 0.717) is 0 Å². The van der Waals surface area contributed by atoms with Crippen LogP contribution in [-0.2, 0) is 0 Å². The average Bonchev–Trinajstić information content (AvgIpc) is 2.10. The minimum Gasteiger partial charge on any atom is -0.373 e. The molecule has 1 aromatic rings. The summed E-state index contributed by atoms with van der Waals surface area (Å²) >= 11 is 0. The van der Waals surface area contributed by atoms with Crippen molar-refractivity contribution < 1.29 is 1.37 Å². The number of anilines is 1. The summed E-state index contributed by atoms with van der Waals surface area (Å²) in [5.41, 5.74) is 0. The van der Waals surface area contributed by atoms with Crippen LogP contribution in [0.3, 0.4) is 0 Å². The topological polar surface area (TPSA) is 24.9 Å². The number of rotatable bonds is 1. The van der Waals surface area contributed by atoms with Crippen molar-refractivity contribution in [3.8, 4) is 0 Å². The maximum absolute atomic E-state index is 5.75. The molecule has 0 atom stereocenters. The van der Waals surface area contributed by atoms with Gasteiger partial charge in [0.05, 0.1) is 0 Å². The maximum atomic E-state index is 5.75. The van der Waals surface area contributed by atoms with Gasteiger partial charge in [-0.15, -0.1) is 0 Å². The summed E-state index contributed by atoms with van der Waals surface area (Å²) in [6, 6.07) is 5.75. The highest BCUT2D eigenvalue weighted by molar-refractivity contribution is 5.31. The summed E-state index contributed by atoms with van der Waals surface area (Å²) in [5.74, 6) is 0.910. The predicted octanol–water partition coefficient (Wildman–Crippen LogP) is 1.76. The molecule has 0 aliphatic heterocycles. The van der Waals surface area contributed by atoms with Crippen LogP contribution in [0.2, 0.25) is 0 Å². The highest BCUT2D eigenvalue weighted by Gasteiger charge is 1.79. The first-order valence-electron chi connectivity index (χ1n) is 3.52. The van der Waals surface area contributed by atoms with E-state index in [2.05, 4.69) is 10.3 Å². The van der Waals surface area contributed by atoms with Crippen LogP contribution in [0.4, 0.5) is 5.82 Å². The molecule has 1 rings (SSSR count). The van der Waals surface area contributed by atoms with Crippen molar-refractivity contribution in [2.75, 3.05) is 12.4 Å². The molecular weight excluding hydrogens is 112 g/mol. The summed E-state index contributed by atoms with van der Waals surface area (Å²) in [6.45, 7) is 0. The Bertz CT molecular complexity index is 153. The minimum atomic E-state index is 0.910. The van der Waals surface area contributed by atoms with Gasteiger partial charge in [0.25, 0.3) is 0 Å². The molecule has 0 radical (unpaired) electrons. The van der Waals surface area contributed by atoms with Crippen LogP contribution in [0.15, 0.2) is 24.4 Å². The van der Waals surface area contributed by atoms with Gasteiger partial charge >= 0.3 is 0 Å². The number of hydrogen-bond acceptors (Lipinski definition) is 2. The number of nitrogens with zero attached hydrogens (tertiary/aromatic N) is 1. The SMILES string of the molecule is CNc1ccccn1.[3H]C. The second-order valence-electron chi connectivity index (χ2n) is 1.46. The monoisotopic (exact) mass is 126 g/mol. The van der Waals surface area contributed by atoms with Crippen LogP contribution in [0, 0.1) is 0 Å². The van der Waals surface area contributed by atoms with Gasteiger partial charge in [0.15, 0.2) is 0 Å². The lowest BCUT2D eigenvalue weighted by molar-refractivity contribution is 1.29. The van der Waals surface area contributed by atoms with E-state index in [-0.39, 0.29) is 0 Å². The quantitative estimate of drug-likeness (QED) is 0.620. The molecule has 0 aromatic carbocycles. The van der Waals surface area contributed by atoms with Gasteiger partial charge in [-0.2, -0.15) is 0 Å². The third-order valence-corrected chi connectivity index (χ3v) is 0.921. The lowest BCUT2D eigenvalue weighted by atomic mass is 10.5. The third kappa shape index (κ3) is 2.13. The lowest BCUT2D eigenvalue weighted by Crippen LogP contribution is -1.88. The van der Waals surface area contributed by atoms with Crippen LogP contribution in [0.25, 0.3) is 0 Å². The normalized spacial score (nSPS) is 8.44. The van der Waals surface area contributed by atoms with E-state index in [1.165, 1.54) is 7.40 Å². The standard InChI is InChI=1S/C6H8N2.CH4/c1-7-6-4-2-3-5-8-6;/h2-5H,1H3,(H,7,8);1H4/i;1T. The second-order valence-corrected chi connectivity index (χ2v) is 1.46. The van der Waals surface area contributed by atoms with E-state index in [1.807, 2.05) is 25.2 Å². The molecule has 0 bridgehead atoms. The summed E-state index contributed by atoms with van der Waals surface area (Å²) < 4.78 is 5.75. The van der Waals surface area contributed by atoms with Gasteiger partial charge in [-0.25, -0.2) is 4.98 Å². The van der Waals surface area contributed by atoms with Gasteiger partial charge in [-0.3, -0.25) is 0 Å². The zero-order valence-corrected chi connectivity index (χ0v) is 5.76. The zero-order chi connectivity index (χ0) is 7.82. The molecule has 50 valence electrons. The van der Waals surface area contributed by atoms with Crippen molar-refractivity contribution in [3.63, 3.8) is 0 Å². The Kier molecular flexibility index (Phi) is 2.63. The van der Waals surface area contributed by atoms with Crippen molar-refractivity contribution in [1.29, 1.82) is 0 Å². The molecule has 0 unspecified atom stereocenters. The molecule has 0 saturated heterocycles.